The monoisotopic (exact) mass is 353 g/mol. The van der Waals surface area contributed by atoms with Crippen LogP contribution in [0.15, 0.2) is 24.3 Å². The highest BCUT2D eigenvalue weighted by atomic mass is 35.5. The molecule has 2 aliphatic heterocycles. The van der Waals surface area contributed by atoms with Crippen LogP contribution >= 0.6 is 12.4 Å². The summed E-state index contributed by atoms with van der Waals surface area (Å²) in [5.41, 5.74) is 6.33. The fraction of sp³-hybridized carbons (Fsp3) is 0.438. The van der Waals surface area contributed by atoms with Crippen molar-refractivity contribution in [2.45, 2.75) is 25.0 Å². The summed E-state index contributed by atoms with van der Waals surface area (Å²) in [5, 5.41) is 2.71. The molecule has 2 heterocycles. The molecule has 7 nitrogen and oxygen atoms in total. The number of benzene rings is 1. The first-order chi connectivity index (χ1) is 11.1. The Morgan fingerprint density at radius 3 is 2.38 bits per heavy atom. The molecule has 3 rings (SSSR count). The summed E-state index contributed by atoms with van der Waals surface area (Å²) < 4.78 is 5.50. The van der Waals surface area contributed by atoms with Crippen molar-refractivity contribution < 1.29 is 19.1 Å². The molecular formula is C16H20ClN3O4. The summed E-state index contributed by atoms with van der Waals surface area (Å²) in [4.78, 5) is 37.5. The lowest BCUT2D eigenvalue weighted by Crippen LogP contribution is -2.41. The van der Waals surface area contributed by atoms with Crippen molar-refractivity contribution in [2.24, 2.45) is 5.73 Å². The number of amides is 3. The van der Waals surface area contributed by atoms with Gasteiger partial charge in [-0.1, -0.05) is 12.1 Å². The van der Waals surface area contributed by atoms with Gasteiger partial charge < -0.3 is 15.8 Å². The molecule has 0 saturated carbocycles. The van der Waals surface area contributed by atoms with E-state index in [0.29, 0.717) is 24.1 Å². The number of carbonyl (C=O) groups is 3. The lowest BCUT2D eigenvalue weighted by Gasteiger charge is -2.16. The zero-order valence-electron chi connectivity index (χ0n) is 13.1. The number of halogens is 1. The van der Waals surface area contributed by atoms with Gasteiger partial charge in [-0.2, -0.15) is 0 Å². The maximum Gasteiger partial charge on any atom is 0.261 e. The van der Waals surface area contributed by atoms with Crippen LogP contribution in [0, 0.1) is 0 Å². The number of nitrogens with zero attached hydrogens (tertiary/aromatic N) is 1. The quantitative estimate of drug-likeness (QED) is 0.743. The van der Waals surface area contributed by atoms with Gasteiger partial charge >= 0.3 is 0 Å². The van der Waals surface area contributed by atoms with E-state index in [1.807, 2.05) is 0 Å². The van der Waals surface area contributed by atoms with Gasteiger partial charge in [0.2, 0.25) is 5.91 Å². The molecule has 2 aliphatic rings. The topological polar surface area (TPSA) is 102 Å². The minimum Gasteiger partial charge on any atom is -0.364 e. The number of ether oxygens (including phenoxy) is 1. The van der Waals surface area contributed by atoms with E-state index in [2.05, 4.69) is 5.32 Å². The third-order valence-electron chi connectivity index (χ3n) is 4.18. The Morgan fingerprint density at radius 1 is 1.21 bits per heavy atom. The molecule has 3 amide bonds. The van der Waals surface area contributed by atoms with Crippen molar-refractivity contribution >= 4 is 30.1 Å². The van der Waals surface area contributed by atoms with Gasteiger partial charge in [0.15, 0.2) is 0 Å². The first-order valence-corrected chi connectivity index (χ1v) is 7.70. The molecular weight excluding hydrogens is 334 g/mol. The van der Waals surface area contributed by atoms with E-state index in [-0.39, 0.29) is 49.3 Å². The minimum absolute atomic E-state index is 0. The fourth-order valence-corrected chi connectivity index (χ4v) is 2.92. The van der Waals surface area contributed by atoms with Crippen LogP contribution in [0.2, 0.25) is 0 Å². The Hall–Kier alpha value is -1.96. The van der Waals surface area contributed by atoms with E-state index < -0.39 is 6.10 Å². The van der Waals surface area contributed by atoms with Crippen molar-refractivity contribution in [3.8, 4) is 0 Å². The predicted octanol–water partition coefficient (Wildman–Crippen LogP) is 0.327. The van der Waals surface area contributed by atoms with Crippen LogP contribution < -0.4 is 11.1 Å². The number of fused-ring (bicyclic) bond motifs is 1. The maximum atomic E-state index is 12.2. The first kappa shape index (κ1) is 18.4. The van der Waals surface area contributed by atoms with Crippen LogP contribution in [0.5, 0.6) is 0 Å². The second-order valence-electron chi connectivity index (χ2n) is 5.66. The van der Waals surface area contributed by atoms with Crippen molar-refractivity contribution in [3.63, 3.8) is 0 Å². The van der Waals surface area contributed by atoms with Crippen LogP contribution in [0.1, 0.15) is 33.6 Å². The van der Waals surface area contributed by atoms with Crippen molar-refractivity contribution in [2.75, 3.05) is 19.6 Å². The van der Waals surface area contributed by atoms with Crippen LogP contribution in [-0.4, -0.2) is 54.5 Å². The van der Waals surface area contributed by atoms with Crippen molar-refractivity contribution in [3.05, 3.63) is 35.4 Å². The van der Waals surface area contributed by atoms with Gasteiger partial charge in [-0.25, -0.2) is 0 Å². The average molecular weight is 354 g/mol. The molecule has 0 unspecified atom stereocenters. The van der Waals surface area contributed by atoms with E-state index in [1.165, 1.54) is 0 Å². The van der Waals surface area contributed by atoms with Crippen LogP contribution in [0.3, 0.4) is 0 Å². The summed E-state index contributed by atoms with van der Waals surface area (Å²) in [6.07, 6.45) is 0.848. The second kappa shape index (κ2) is 7.74. The van der Waals surface area contributed by atoms with Crippen LogP contribution in [-0.2, 0) is 9.53 Å². The van der Waals surface area contributed by atoms with Gasteiger partial charge in [0, 0.05) is 19.6 Å². The third-order valence-corrected chi connectivity index (χ3v) is 4.18. The van der Waals surface area contributed by atoms with E-state index in [1.54, 1.807) is 24.3 Å². The summed E-state index contributed by atoms with van der Waals surface area (Å²) in [6, 6.07) is 6.71. The zero-order chi connectivity index (χ0) is 16.4. The number of rotatable bonds is 5. The standard InChI is InChI=1S/C16H19N3O4.ClH/c17-9-10-5-6-13(23-10)14(20)18-7-8-19-15(21)11-3-1-2-4-12(11)16(19)22;/h1-4,10,13H,5-9,17H2,(H,18,20);1H/t10-,13+;/m1./s1. The normalized spacial score (nSPS) is 22.3. The first-order valence-electron chi connectivity index (χ1n) is 7.70. The molecule has 1 saturated heterocycles. The van der Waals surface area contributed by atoms with E-state index in [0.717, 1.165) is 11.3 Å². The molecule has 0 spiro atoms. The predicted molar refractivity (Wildman–Crippen MR) is 89.0 cm³/mol. The molecule has 8 heteroatoms. The van der Waals surface area contributed by atoms with Gasteiger partial charge in [-0.3, -0.25) is 19.3 Å². The number of carbonyl (C=O) groups excluding carboxylic acids is 3. The Kier molecular flexibility index (Phi) is 5.93. The highest BCUT2D eigenvalue weighted by Gasteiger charge is 2.35. The molecule has 1 aromatic rings. The highest BCUT2D eigenvalue weighted by molar-refractivity contribution is 6.21. The summed E-state index contributed by atoms with van der Waals surface area (Å²) in [6.45, 7) is 0.751. The number of hydrogen-bond acceptors (Lipinski definition) is 5. The molecule has 0 radical (unpaired) electrons. The fourth-order valence-electron chi connectivity index (χ4n) is 2.92. The van der Waals surface area contributed by atoms with Gasteiger partial charge in [0.05, 0.1) is 17.2 Å². The Morgan fingerprint density at radius 2 is 1.83 bits per heavy atom. The largest absolute Gasteiger partial charge is 0.364 e. The van der Waals surface area contributed by atoms with Crippen LogP contribution in [0.25, 0.3) is 0 Å². The Balaban J connectivity index is 0.00000208. The molecule has 2 atom stereocenters. The lowest BCUT2D eigenvalue weighted by atomic mass is 10.1. The smallest absolute Gasteiger partial charge is 0.261 e. The molecule has 24 heavy (non-hydrogen) atoms. The zero-order valence-corrected chi connectivity index (χ0v) is 13.9. The molecule has 130 valence electrons. The summed E-state index contributed by atoms with van der Waals surface area (Å²) in [7, 11) is 0. The molecule has 3 N–H and O–H groups in total. The number of nitrogens with one attached hydrogen (secondary N) is 1. The highest BCUT2D eigenvalue weighted by Crippen LogP contribution is 2.22. The minimum atomic E-state index is -0.495. The maximum absolute atomic E-state index is 12.2. The van der Waals surface area contributed by atoms with E-state index >= 15 is 0 Å². The van der Waals surface area contributed by atoms with Crippen LogP contribution in [0.4, 0.5) is 0 Å². The number of imide groups is 1. The van der Waals surface area contributed by atoms with Gasteiger partial charge in [0.25, 0.3) is 11.8 Å². The molecule has 1 fully saturated rings. The average Bonchev–Trinajstić information content (AvgIpc) is 3.14. The van der Waals surface area contributed by atoms with Gasteiger partial charge in [-0.05, 0) is 25.0 Å². The third kappa shape index (κ3) is 3.43. The molecule has 1 aromatic carbocycles. The molecule has 0 aromatic heterocycles. The molecule has 0 aliphatic carbocycles. The lowest BCUT2D eigenvalue weighted by molar-refractivity contribution is -0.131. The summed E-state index contributed by atoms with van der Waals surface area (Å²) in [5.74, 6) is -0.863. The number of hydrogen-bond donors (Lipinski definition) is 2. The Bertz CT molecular complexity index is 617. The van der Waals surface area contributed by atoms with Gasteiger partial charge in [0.1, 0.15) is 6.10 Å². The van der Waals surface area contributed by atoms with Crippen molar-refractivity contribution in [1.29, 1.82) is 0 Å². The molecule has 0 bridgehead atoms. The summed E-state index contributed by atoms with van der Waals surface area (Å²) >= 11 is 0. The van der Waals surface area contributed by atoms with Gasteiger partial charge in [-0.15, -0.1) is 12.4 Å². The second-order valence-corrected chi connectivity index (χ2v) is 5.66. The Labute approximate surface area is 145 Å². The SMILES string of the molecule is Cl.NC[C@H]1CC[C@@H](C(=O)NCCN2C(=O)c3ccccc3C2=O)O1. The van der Waals surface area contributed by atoms with Crippen molar-refractivity contribution in [1.82, 2.24) is 10.2 Å². The number of nitrogens with two attached hydrogens (primary N) is 1. The van der Waals surface area contributed by atoms with E-state index in [4.69, 9.17) is 10.5 Å². The van der Waals surface area contributed by atoms with E-state index in [9.17, 15) is 14.4 Å².